The van der Waals surface area contributed by atoms with Gasteiger partial charge in [-0.2, -0.15) is 0 Å². The number of para-hydroxylation sites is 1. The van der Waals surface area contributed by atoms with E-state index in [0.29, 0.717) is 12.0 Å². The Labute approximate surface area is 244 Å². The number of aryl methyl sites for hydroxylation is 1. The number of nitrogens with one attached hydrogen (secondary N) is 1. The van der Waals surface area contributed by atoms with E-state index in [-0.39, 0.29) is 33.2 Å². The third-order valence-corrected chi connectivity index (χ3v) is 9.05. The van der Waals surface area contributed by atoms with Crippen molar-refractivity contribution >= 4 is 50.7 Å². The van der Waals surface area contributed by atoms with Gasteiger partial charge in [0.25, 0.3) is 10.0 Å². The molecule has 0 fully saturated rings. The van der Waals surface area contributed by atoms with Gasteiger partial charge < -0.3 is 10.2 Å². The molecule has 3 aromatic rings. The Morgan fingerprint density at radius 1 is 0.950 bits per heavy atom. The fourth-order valence-electron chi connectivity index (χ4n) is 3.91. The maximum Gasteiger partial charge on any atom is 0.264 e. The van der Waals surface area contributed by atoms with Crippen LogP contribution in [0.25, 0.3) is 0 Å². The Morgan fingerprint density at radius 2 is 1.55 bits per heavy atom. The highest BCUT2D eigenvalue weighted by Gasteiger charge is 2.34. The number of benzene rings is 3. The van der Waals surface area contributed by atoms with Gasteiger partial charge in [-0.1, -0.05) is 66.0 Å². The quantitative estimate of drug-likeness (QED) is 0.291. The molecule has 0 radical (unpaired) electrons. The lowest BCUT2D eigenvalue weighted by atomic mass is 10.1. The number of anilines is 1. The molecule has 0 heterocycles. The number of rotatable bonds is 11. The first-order valence-corrected chi connectivity index (χ1v) is 14.9. The van der Waals surface area contributed by atoms with Gasteiger partial charge in [-0.3, -0.25) is 13.9 Å². The first-order chi connectivity index (χ1) is 18.9. The van der Waals surface area contributed by atoms with E-state index in [4.69, 9.17) is 23.2 Å². The number of sulfonamides is 1. The molecule has 2 amide bonds. The fourth-order valence-corrected chi connectivity index (χ4v) is 5.85. The molecule has 0 bridgehead atoms. The molecule has 0 aliphatic heterocycles. The van der Waals surface area contributed by atoms with Gasteiger partial charge in [0.1, 0.15) is 18.4 Å². The van der Waals surface area contributed by atoms with Crippen molar-refractivity contribution in [1.82, 2.24) is 10.2 Å². The van der Waals surface area contributed by atoms with Gasteiger partial charge in [-0.15, -0.1) is 0 Å². The van der Waals surface area contributed by atoms with Gasteiger partial charge in [0.15, 0.2) is 0 Å². The highest BCUT2D eigenvalue weighted by molar-refractivity contribution is 7.92. The van der Waals surface area contributed by atoms with Crippen molar-refractivity contribution in [2.45, 2.75) is 57.6 Å². The standard InChI is InChI=1S/C29H32Cl2FN3O4S/c1-5-20(3)33-29(37)21(4)34(17-23-24(30)9-8-10-25(23)31)28(36)18-35(27-12-7-6-11-26(27)32)40(38,39)22-15-13-19(2)14-16-22/h6-16,20-21H,5,17-18H2,1-4H3,(H,33,37)/t20-,21+/m0/s1. The lowest BCUT2D eigenvalue weighted by molar-refractivity contribution is -0.139. The number of hydrogen-bond donors (Lipinski definition) is 1. The van der Waals surface area contributed by atoms with Crippen LogP contribution in [0.2, 0.25) is 10.0 Å². The Morgan fingerprint density at radius 3 is 2.12 bits per heavy atom. The zero-order valence-corrected chi connectivity index (χ0v) is 25.0. The minimum Gasteiger partial charge on any atom is -0.352 e. The summed E-state index contributed by atoms with van der Waals surface area (Å²) < 4.78 is 43.3. The van der Waals surface area contributed by atoms with Crippen LogP contribution in [0.3, 0.4) is 0 Å². The van der Waals surface area contributed by atoms with Crippen molar-refractivity contribution in [2.75, 3.05) is 10.8 Å². The van der Waals surface area contributed by atoms with Crippen LogP contribution in [0, 0.1) is 12.7 Å². The minimum absolute atomic E-state index is 0.114. The van der Waals surface area contributed by atoms with E-state index in [0.717, 1.165) is 15.9 Å². The molecule has 3 aromatic carbocycles. The molecule has 0 aliphatic carbocycles. The molecule has 0 saturated heterocycles. The van der Waals surface area contributed by atoms with Crippen LogP contribution in [0.5, 0.6) is 0 Å². The summed E-state index contributed by atoms with van der Waals surface area (Å²) in [5.41, 5.74) is 0.918. The molecule has 7 nitrogen and oxygen atoms in total. The molecule has 1 N–H and O–H groups in total. The van der Waals surface area contributed by atoms with Crippen molar-refractivity contribution in [3.63, 3.8) is 0 Å². The van der Waals surface area contributed by atoms with Crippen LogP contribution in [0.15, 0.2) is 71.6 Å². The molecular formula is C29H32Cl2FN3O4S. The average molecular weight is 609 g/mol. The van der Waals surface area contributed by atoms with Crippen LogP contribution in [0.4, 0.5) is 10.1 Å². The Hall–Kier alpha value is -3.14. The summed E-state index contributed by atoms with van der Waals surface area (Å²) in [5.74, 6) is -2.01. The predicted molar refractivity (Wildman–Crippen MR) is 156 cm³/mol. The number of carbonyl (C=O) groups is 2. The Bertz CT molecular complexity index is 1450. The number of hydrogen-bond acceptors (Lipinski definition) is 4. The zero-order valence-electron chi connectivity index (χ0n) is 22.7. The van der Waals surface area contributed by atoms with E-state index in [1.165, 1.54) is 42.2 Å². The summed E-state index contributed by atoms with van der Waals surface area (Å²) in [7, 11) is -4.39. The third-order valence-electron chi connectivity index (χ3n) is 6.57. The van der Waals surface area contributed by atoms with Crippen molar-refractivity contribution in [1.29, 1.82) is 0 Å². The number of nitrogens with zero attached hydrogens (tertiary/aromatic N) is 2. The maximum absolute atomic E-state index is 15.0. The topological polar surface area (TPSA) is 86.8 Å². The second kappa shape index (κ2) is 13.5. The monoisotopic (exact) mass is 607 g/mol. The Kier molecular flexibility index (Phi) is 10.6. The second-order valence-electron chi connectivity index (χ2n) is 9.49. The molecule has 214 valence electrons. The SMILES string of the molecule is CC[C@H](C)NC(=O)[C@@H](C)N(Cc1c(Cl)cccc1Cl)C(=O)CN(c1ccccc1F)S(=O)(=O)c1ccc(C)cc1. The molecule has 40 heavy (non-hydrogen) atoms. The van der Waals surface area contributed by atoms with Crippen LogP contribution < -0.4 is 9.62 Å². The van der Waals surface area contributed by atoms with Gasteiger partial charge in [-0.25, -0.2) is 12.8 Å². The summed E-state index contributed by atoms with van der Waals surface area (Å²) >= 11 is 12.8. The smallest absolute Gasteiger partial charge is 0.264 e. The van der Waals surface area contributed by atoms with E-state index >= 15 is 0 Å². The molecule has 3 rings (SSSR count). The Balaban J connectivity index is 2.08. The molecule has 11 heteroatoms. The highest BCUT2D eigenvalue weighted by Crippen LogP contribution is 2.29. The summed E-state index contributed by atoms with van der Waals surface area (Å²) in [4.78, 5) is 28.1. The van der Waals surface area contributed by atoms with Gasteiger partial charge >= 0.3 is 0 Å². The largest absolute Gasteiger partial charge is 0.352 e. The van der Waals surface area contributed by atoms with Crippen LogP contribution in [-0.2, 0) is 26.2 Å². The normalized spacial score (nSPS) is 12.9. The molecule has 2 atom stereocenters. The zero-order chi connectivity index (χ0) is 29.6. The van der Waals surface area contributed by atoms with E-state index in [1.54, 1.807) is 37.3 Å². The van der Waals surface area contributed by atoms with E-state index in [2.05, 4.69) is 5.32 Å². The fraction of sp³-hybridized carbons (Fsp3) is 0.310. The first kappa shape index (κ1) is 31.4. The van der Waals surface area contributed by atoms with Crippen LogP contribution in [-0.4, -0.2) is 43.8 Å². The molecule has 0 spiro atoms. The van der Waals surface area contributed by atoms with E-state index in [9.17, 15) is 22.4 Å². The molecule has 0 aromatic heterocycles. The van der Waals surface area contributed by atoms with Crippen molar-refractivity contribution in [3.05, 3.63) is 93.7 Å². The molecular weight excluding hydrogens is 576 g/mol. The van der Waals surface area contributed by atoms with Gasteiger partial charge in [0.2, 0.25) is 11.8 Å². The number of halogens is 3. The number of carbonyl (C=O) groups excluding carboxylic acids is 2. The predicted octanol–water partition coefficient (Wildman–Crippen LogP) is 5.97. The lowest BCUT2D eigenvalue weighted by Gasteiger charge is -2.33. The maximum atomic E-state index is 15.0. The molecule has 0 aliphatic rings. The third kappa shape index (κ3) is 7.33. The van der Waals surface area contributed by atoms with Gasteiger partial charge in [0.05, 0.1) is 10.6 Å². The minimum atomic E-state index is -4.39. The van der Waals surface area contributed by atoms with E-state index in [1.807, 2.05) is 13.8 Å². The van der Waals surface area contributed by atoms with Crippen LogP contribution >= 0.6 is 23.2 Å². The van der Waals surface area contributed by atoms with Crippen LogP contribution in [0.1, 0.15) is 38.3 Å². The number of amides is 2. The first-order valence-electron chi connectivity index (χ1n) is 12.7. The summed E-state index contributed by atoms with van der Waals surface area (Å²) in [6.45, 7) is 6.11. The summed E-state index contributed by atoms with van der Waals surface area (Å²) in [6.07, 6.45) is 0.665. The van der Waals surface area contributed by atoms with Crippen molar-refractivity contribution < 1.29 is 22.4 Å². The summed E-state index contributed by atoms with van der Waals surface area (Å²) in [5, 5.41) is 3.40. The average Bonchev–Trinajstić information content (AvgIpc) is 2.91. The van der Waals surface area contributed by atoms with Gasteiger partial charge in [-0.05, 0) is 63.6 Å². The van der Waals surface area contributed by atoms with Gasteiger partial charge in [0, 0.05) is 28.2 Å². The van der Waals surface area contributed by atoms with Crippen molar-refractivity contribution in [2.24, 2.45) is 0 Å². The van der Waals surface area contributed by atoms with Crippen molar-refractivity contribution in [3.8, 4) is 0 Å². The summed E-state index contributed by atoms with van der Waals surface area (Å²) in [6, 6.07) is 15.0. The molecule has 0 unspecified atom stereocenters. The second-order valence-corrected chi connectivity index (χ2v) is 12.2. The lowest BCUT2D eigenvalue weighted by Crippen LogP contribution is -2.52. The highest BCUT2D eigenvalue weighted by atomic mass is 35.5. The van der Waals surface area contributed by atoms with E-state index < -0.39 is 40.2 Å². The molecule has 0 saturated carbocycles.